The quantitative estimate of drug-likeness (QED) is 0.908. The molecule has 1 unspecified atom stereocenters. The lowest BCUT2D eigenvalue weighted by molar-refractivity contribution is 0.123. The number of aliphatic hydroxyl groups excluding tert-OH is 1. The lowest BCUT2D eigenvalue weighted by atomic mass is 10.0. The molecule has 0 aliphatic heterocycles. The summed E-state index contributed by atoms with van der Waals surface area (Å²) in [7, 11) is 1.89. The number of hydrogen-bond acceptors (Lipinski definition) is 2. The summed E-state index contributed by atoms with van der Waals surface area (Å²) in [6.45, 7) is 5.04. The van der Waals surface area contributed by atoms with Gasteiger partial charge in [0.15, 0.2) is 0 Å². The molecule has 0 bridgehead atoms. The van der Waals surface area contributed by atoms with E-state index >= 15 is 0 Å². The number of nitrogens with zero attached hydrogens (tertiary/aromatic N) is 1. The summed E-state index contributed by atoms with van der Waals surface area (Å²) < 4.78 is 13.6. The van der Waals surface area contributed by atoms with Crippen LogP contribution in [0.5, 0.6) is 0 Å². The summed E-state index contributed by atoms with van der Waals surface area (Å²) >= 11 is 0. The normalized spacial score (nSPS) is 12.7. The van der Waals surface area contributed by atoms with Gasteiger partial charge in [-0.3, -0.25) is 4.90 Å². The molecule has 0 aromatic heterocycles. The monoisotopic (exact) mass is 287 g/mol. The van der Waals surface area contributed by atoms with Crippen molar-refractivity contribution < 1.29 is 9.50 Å². The number of likely N-dealkylation sites (N-methyl/N-ethyl adjacent to an activating group) is 1. The highest BCUT2D eigenvalue weighted by atomic mass is 19.1. The van der Waals surface area contributed by atoms with Crippen LogP contribution in [-0.4, -0.2) is 23.6 Å². The van der Waals surface area contributed by atoms with Crippen LogP contribution < -0.4 is 0 Å². The van der Waals surface area contributed by atoms with E-state index in [4.69, 9.17) is 0 Å². The third-order valence-corrected chi connectivity index (χ3v) is 3.80. The molecule has 0 radical (unpaired) electrons. The van der Waals surface area contributed by atoms with E-state index in [2.05, 4.69) is 6.92 Å². The molecule has 0 saturated heterocycles. The van der Waals surface area contributed by atoms with Crippen molar-refractivity contribution in [2.45, 2.75) is 26.5 Å². The van der Waals surface area contributed by atoms with Gasteiger partial charge in [0.1, 0.15) is 5.82 Å². The minimum Gasteiger partial charge on any atom is -0.387 e. The first kappa shape index (κ1) is 15.7. The summed E-state index contributed by atoms with van der Waals surface area (Å²) in [6, 6.07) is 12.7. The van der Waals surface area contributed by atoms with Crippen LogP contribution in [0.15, 0.2) is 42.5 Å². The zero-order valence-corrected chi connectivity index (χ0v) is 12.8. The van der Waals surface area contributed by atoms with Crippen molar-refractivity contribution >= 4 is 0 Å². The van der Waals surface area contributed by atoms with Gasteiger partial charge in [-0.05, 0) is 43.7 Å². The van der Waals surface area contributed by atoms with Gasteiger partial charge in [0, 0.05) is 18.7 Å². The van der Waals surface area contributed by atoms with Gasteiger partial charge in [0.2, 0.25) is 0 Å². The van der Waals surface area contributed by atoms with E-state index in [0.29, 0.717) is 18.7 Å². The molecule has 2 rings (SSSR count). The second-order valence-electron chi connectivity index (χ2n) is 5.65. The summed E-state index contributed by atoms with van der Waals surface area (Å²) in [5.74, 6) is -0.204. The van der Waals surface area contributed by atoms with Crippen LogP contribution in [0.3, 0.4) is 0 Å². The third kappa shape index (κ3) is 4.13. The highest BCUT2D eigenvalue weighted by Gasteiger charge is 2.13. The average molecular weight is 287 g/mol. The Hall–Kier alpha value is -1.71. The number of aryl methyl sites for hydroxylation is 2. The van der Waals surface area contributed by atoms with Gasteiger partial charge >= 0.3 is 0 Å². The Morgan fingerprint density at radius 1 is 1.10 bits per heavy atom. The van der Waals surface area contributed by atoms with E-state index in [1.54, 1.807) is 12.1 Å². The Balaban J connectivity index is 2.00. The molecule has 21 heavy (non-hydrogen) atoms. The second-order valence-corrected chi connectivity index (χ2v) is 5.65. The molecule has 0 aliphatic carbocycles. The molecule has 0 saturated carbocycles. The van der Waals surface area contributed by atoms with Gasteiger partial charge in [-0.15, -0.1) is 0 Å². The van der Waals surface area contributed by atoms with Crippen LogP contribution in [0.2, 0.25) is 0 Å². The molecule has 2 aromatic carbocycles. The first-order valence-electron chi connectivity index (χ1n) is 7.14. The maximum Gasteiger partial charge on any atom is 0.127 e. The van der Waals surface area contributed by atoms with Gasteiger partial charge in [-0.1, -0.05) is 36.4 Å². The van der Waals surface area contributed by atoms with Crippen molar-refractivity contribution in [2.24, 2.45) is 0 Å². The summed E-state index contributed by atoms with van der Waals surface area (Å²) in [5, 5.41) is 10.3. The largest absolute Gasteiger partial charge is 0.387 e. The predicted molar refractivity (Wildman–Crippen MR) is 83.6 cm³/mol. The van der Waals surface area contributed by atoms with Gasteiger partial charge in [-0.2, -0.15) is 0 Å². The van der Waals surface area contributed by atoms with Crippen LogP contribution in [0.4, 0.5) is 4.39 Å². The fraction of sp³-hybridized carbons (Fsp3) is 0.333. The van der Waals surface area contributed by atoms with Crippen molar-refractivity contribution in [1.29, 1.82) is 0 Å². The molecular weight excluding hydrogens is 265 g/mol. The Bertz CT molecular complexity index is 612. The van der Waals surface area contributed by atoms with Crippen LogP contribution in [0.1, 0.15) is 28.4 Å². The third-order valence-electron chi connectivity index (χ3n) is 3.80. The first-order chi connectivity index (χ1) is 9.97. The highest BCUT2D eigenvalue weighted by molar-refractivity contribution is 5.31. The second kappa shape index (κ2) is 6.83. The smallest absolute Gasteiger partial charge is 0.127 e. The molecule has 2 nitrogen and oxygen atoms in total. The van der Waals surface area contributed by atoms with Crippen molar-refractivity contribution in [2.75, 3.05) is 13.6 Å². The molecule has 1 N–H and O–H groups in total. The SMILES string of the molecule is Cc1ccc(C(O)CN(C)Cc2ccccc2F)cc1C. The van der Waals surface area contributed by atoms with E-state index in [1.165, 1.54) is 17.2 Å². The predicted octanol–water partition coefficient (Wildman–Crippen LogP) is 3.61. The fourth-order valence-electron chi connectivity index (χ4n) is 2.35. The maximum atomic E-state index is 13.6. The van der Waals surface area contributed by atoms with Crippen molar-refractivity contribution in [3.05, 3.63) is 70.5 Å². The highest BCUT2D eigenvalue weighted by Crippen LogP contribution is 2.19. The molecule has 0 fully saturated rings. The summed E-state index contributed by atoms with van der Waals surface area (Å²) in [5.41, 5.74) is 3.93. The Labute approximate surface area is 125 Å². The van der Waals surface area contributed by atoms with Gasteiger partial charge in [-0.25, -0.2) is 4.39 Å². The molecule has 0 aliphatic rings. The van der Waals surface area contributed by atoms with Crippen molar-refractivity contribution in [1.82, 2.24) is 4.90 Å². The Kier molecular flexibility index (Phi) is 5.10. The lowest BCUT2D eigenvalue weighted by Gasteiger charge is -2.21. The fourth-order valence-corrected chi connectivity index (χ4v) is 2.35. The summed E-state index contributed by atoms with van der Waals surface area (Å²) in [4.78, 5) is 1.93. The molecule has 112 valence electrons. The zero-order chi connectivity index (χ0) is 15.4. The number of benzene rings is 2. The summed E-state index contributed by atoms with van der Waals surface area (Å²) in [6.07, 6.45) is -0.568. The van der Waals surface area contributed by atoms with Crippen LogP contribution >= 0.6 is 0 Å². The van der Waals surface area contributed by atoms with Crippen molar-refractivity contribution in [3.8, 4) is 0 Å². The number of halogens is 1. The number of hydrogen-bond donors (Lipinski definition) is 1. The first-order valence-corrected chi connectivity index (χ1v) is 7.14. The molecule has 0 spiro atoms. The molecule has 0 amide bonds. The molecule has 1 atom stereocenters. The lowest BCUT2D eigenvalue weighted by Crippen LogP contribution is -2.24. The van der Waals surface area contributed by atoms with E-state index in [-0.39, 0.29) is 5.82 Å². The van der Waals surface area contributed by atoms with Gasteiger partial charge < -0.3 is 5.11 Å². The van der Waals surface area contributed by atoms with E-state index in [1.807, 2.05) is 43.1 Å². The Morgan fingerprint density at radius 2 is 1.81 bits per heavy atom. The average Bonchev–Trinajstić information content (AvgIpc) is 2.44. The van der Waals surface area contributed by atoms with Crippen LogP contribution in [0.25, 0.3) is 0 Å². The standard InChI is InChI=1S/C18H22FNO/c1-13-8-9-15(10-14(13)2)18(21)12-20(3)11-16-6-4-5-7-17(16)19/h4-10,18,21H,11-12H2,1-3H3. The minimum atomic E-state index is -0.568. The Morgan fingerprint density at radius 3 is 2.48 bits per heavy atom. The number of rotatable bonds is 5. The van der Waals surface area contributed by atoms with E-state index in [9.17, 15) is 9.50 Å². The number of aliphatic hydroxyl groups is 1. The molecule has 2 aromatic rings. The zero-order valence-electron chi connectivity index (χ0n) is 12.8. The molecular formula is C18H22FNO. The van der Waals surface area contributed by atoms with Crippen LogP contribution in [0, 0.1) is 19.7 Å². The molecule has 0 heterocycles. The van der Waals surface area contributed by atoms with E-state index in [0.717, 1.165) is 5.56 Å². The van der Waals surface area contributed by atoms with Gasteiger partial charge in [0.25, 0.3) is 0 Å². The van der Waals surface area contributed by atoms with Gasteiger partial charge in [0.05, 0.1) is 6.10 Å². The minimum absolute atomic E-state index is 0.204. The van der Waals surface area contributed by atoms with Crippen molar-refractivity contribution in [3.63, 3.8) is 0 Å². The molecule has 3 heteroatoms. The maximum absolute atomic E-state index is 13.6. The van der Waals surface area contributed by atoms with E-state index < -0.39 is 6.10 Å². The topological polar surface area (TPSA) is 23.5 Å². The van der Waals surface area contributed by atoms with Crippen LogP contribution in [-0.2, 0) is 6.54 Å².